The highest BCUT2D eigenvalue weighted by Crippen LogP contribution is 2.59. The molecule has 1 saturated carbocycles. The van der Waals surface area contributed by atoms with E-state index in [0.29, 0.717) is 41.7 Å². The second kappa shape index (κ2) is 10.3. The summed E-state index contributed by atoms with van der Waals surface area (Å²) in [5.41, 5.74) is 1.88. The summed E-state index contributed by atoms with van der Waals surface area (Å²) in [4.78, 5) is 24.4. The van der Waals surface area contributed by atoms with Gasteiger partial charge >= 0.3 is 0 Å². The second-order valence-corrected chi connectivity index (χ2v) is 10.8. The number of benzene rings is 2. The van der Waals surface area contributed by atoms with Crippen molar-refractivity contribution >= 4 is 34.9 Å². The average Bonchev–Trinajstić information content (AvgIpc) is 3.05. The first kappa shape index (κ1) is 25.1. The molecular weight excluding hydrogens is 469 g/mol. The normalized spacial score (nSPS) is 28.3. The maximum absolute atomic E-state index is 12.9. The maximum Gasteiger partial charge on any atom is 0.226 e. The maximum atomic E-state index is 12.9. The molecule has 0 bridgehead atoms. The monoisotopic (exact) mass is 501 g/mol. The molecule has 0 aromatic heterocycles. The van der Waals surface area contributed by atoms with Gasteiger partial charge in [0.05, 0.1) is 12.0 Å². The van der Waals surface area contributed by atoms with Gasteiger partial charge in [0, 0.05) is 34.8 Å². The number of carbonyl (C=O) groups is 2. The van der Waals surface area contributed by atoms with Gasteiger partial charge in [-0.3, -0.25) is 9.59 Å². The van der Waals surface area contributed by atoms with Crippen LogP contribution in [0.15, 0.2) is 42.5 Å². The summed E-state index contributed by atoms with van der Waals surface area (Å²) in [7, 11) is 0. The predicted octanol–water partition coefficient (Wildman–Crippen LogP) is 6.93. The standard InChI is InChI=1S/C28H33Cl2NO3/c1-4-20(32)6-5-15-34-21-11-12-22(24(30)16-21)23-13-14-28(3)26(17(2)31-27(28)33)25(23)18-7-9-19(29)10-8-18/h7-12,16-17,23,25-26H,4-6,13-15H2,1-3H3,(H,31,33)/t17-,23+,25+,26+,28-/m1/s1. The molecule has 1 N–H and O–H groups in total. The number of nitrogens with one attached hydrogen (secondary N) is 1. The minimum Gasteiger partial charge on any atom is -0.494 e. The Morgan fingerprint density at radius 2 is 1.91 bits per heavy atom. The zero-order valence-corrected chi connectivity index (χ0v) is 21.6. The molecule has 2 aliphatic rings. The van der Waals surface area contributed by atoms with Crippen molar-refractivity contribution in [1.82, 2.24) is 5.32 Å². The fraction of sp³-hybridized carbons (Fsp3) is 0.500. The van der Waals surface area contributed by atoms with Gasteiger partial charge in [0.2, 0.25) is 5.91 Å². The molecule has 2 fully saturated rings. The van der Waals surface area contributed by atoms with Crippen LogP contribution in [0, 0.1) is 11.3 Å². The highest BCUT2D eigenvalue weighted by Gasteiger charge is 2.57. The van der Waals surface area contributed by atoms with E-state index in [0.717, 1.165) is 18.4 Å². The molecule has 1 saturated heterocycles. The van der Waals surface area contributed by atoms with Crippen molar-refractivity contribution in [2.45, 2.75) is 70.8 Å². The molecule has 5 atom stereocenters. The van der Waals surface area contributed by atoms with Gasteiger partial charge in [-0.2, -0.15) is 0 Å². The van der Waals surface area contributed by atoms with Gasteiger partial charge in [-0.1, -0.05) is 55.2 Å². The van der Waals surface area contributed by atoms with Gasteiger partial charge < -0.3 is 10.1 Å². The van der Waals surface area contributed by atoms with Crippen LogP contribution in [0.4, 0.5) is 0 Å². The smallest absolute Gasteiger partial charge is 0.226 e. The topological polar surface area (TPSA) is 55.4 Å². The van der Waals surface area contributed by atoms with E-state index >= 15 is 0 Å². The third-order valence-corrected chi connectivity index (χ3v) is 8.42. The minimum atomic E-state index is -0.397. The van der Waals surface area contributed by atoms with Crippen LogP contribution >= 0.6 is 23.2 Å². The molecule has 1 amide bonds. The molecule has 34 heavy (non-hydrogen) atoms. The van der Waals surface area contributed by atoms with Gasteiger partial charge in [-0.15, -0.1) is 0 Å². The van der Waals surface area contributed by atoms with Gasteiger partial charge in [-0.25, -0.2) is 0 Å². The van der Waals surface area contributed by atoms with Crippen LogP contribution < -0.4 is 10.1 Å². The summed E-state index contributed by atoms with van der Waals surface area (Å²) in [6.07, 6.45) is 3.50. The number of ether oxygens (including phenoxy) is 1. The van der Waals surface area contributed by atoms with Crippen molar-refractivity contribution in [3.8, 4) is 5.75 Å². The number of fused-ring (bicyclic) bond motifs is 1. The lowest BCUT2D eigenvalue weighted by Gasteiger charge is -2.46. The Kier molecular flexibility index (Phi) is 7.59. The van der Waals surface area contributed by atoms with Crippen LogP contribution in [0.25, 0.3) is 0 Å². The van der Waals surface area contributed by atoms with Crippen molar-refractivity contribution in [2.75, 3.05) is 6.61 Å². The lowest BCUT2D eigenvalue weighted by atomic mass is 9.56. The number of carbonyl (C=O) groups excluding carboxylic acids is 2. The quantitative estimate of drug-likeness (QED) is 0.398. The van der Waals surface area contributed by atoms with Crippen molar-refractivity contribution in [3.05, 3.63) is 63.6 Å². The third-order valence-electron chi connectivity index (χ3n) is 7.84. The summed E-state index contributed by atoms with van der Waals surface area (Å²) in [6.45, 7) is 6.59. The van der Waals surface area contributed by atoms with Gasteiger partial charge in [0.25, 0.3) is 0 Å². The summed E-state index contributed by atoms with van der Waals surface area (Å²) in [5.74, 6) is 1.59. The zero-order chi connectivity index (χ0) is 24.5. The zero-order valence-electron chi connectivity index (χ0n) is 20.1. The van der Waals surface area contributed by atoms with Crippen molar-refractivity contribution in [1.29, 1.82) is 0 Å². The Hall–Kier alpha value is -2.04. The predicted molar refractivity (Wildman–Crippen MR) is 137 cm³/mol. The Balaban J connectivity index is 1.61. The first-order valence-electron chi connectivity index (χ1n) is 12.2. The average molecular weight is 502 g/mol. The lowest BCUT2D eigenvalue weighted by molar-refractivity contribution is -0.129. The van der Waals surface area contributed by atoms with E-state index in [4.69, 9.17) is 27.9 Å². The number of hydrogen-bond acceptors (Lipinski definition) is 3. The van der Waals surface area contributed by atoms with Crippen molar-refractivity contribution < 1.29 is 14.3 Å². The SMILES string of the molecule is CCC(=O)CCCOc1ccc([C@@H]2CC[C@@]3(C)C(=O)N[C@H](C)[C@H]3[C@H]2c2ccc(Cl)cc2)c(Cl)c1. The van der Waals surface area contributed by atoms with E-state index in [9.17, 15) is 9.59 Å². The summed E-state index contributed by atoms with van der Waals surface area (Å²) < 4.78 is 5.86. The van der Waals surface area contributed by atoms with Crippen molar-refractivity contribution in [3.63, 3.8) is 0 Å². The van der Waals surface area contributed by atoms with Gasteiger partial charge in [0.15, 0.2) is 0 Å². The largest absolute Gasteiger partial charge is 0.494 e. The molecule has 0 unspecified atom stereocenters. The molecule has 0 spiro atoms. The van der Waals surface area contributed by atoms with Crippen LogP contribution in [-0.4, -0.2) is 24.3 Å². The first-order valence-corrected chi connectivity index (χ1v) is 13.0. The summed E-state index contributed by atoms with van der Waals surface area (Å²) >= 11 is 13.0. The number of halogens is 2. The number of hydrogen-bond donors (Lipinski definition) is 1. The highest BCUT2D eigenvalue weighted by atomic mass is 35.5. The lowest BCUT2D eigenvalue weighted by Crippen LogP contribution is -2.42. The molecule has 2 aromatic rings. The molecule has 1 aliphatic carbocycles. The fourth-order valence-electron chi connectivity index (χ4n) is 6.05. The number of Topliss-reactive ketones (excluding diaryl/α,β-unsaturated/α-hetero) is 1. The Bertz CT molecular complexity index is 1050. The molecule has 1 heterocycles. The van der Waals surface area contributed by atoms with E-state index in [1.54, 1.807) is 0 Å². The number of amides is 1. The molecule has 6 heteroatoms. The van der Waals surface area contributed by atoms with E-state index in [1.807, 2.05) is 31.2 Å². The molecule has 0 radical (unpaired) electrons. The van der Waals surface area contributed by atoms with Crippen molar-refractivity contribution in [2.24, 2.45) is 11.3 Å². The molecule has 182 valence electrons. The first-order chi connectivity index (χ1) is 16.2. The highest BCUT2D eigenvalue weighted by molar-refractivity contribution is 6.31. The molecule has 1 aliphatic heterocycles. The van der Waals surface area contributed by atoms with E-state index in [2.05, 4.69) is 37.4 Å². The minimum absolute atomic E-state index is 0.0770. The number of ketones is 1. The van der Waals surface area contributed by atoms with Crippen LogP contribution in [0.5, 0.6) is 5.75 Å². The fourth-order valence-corrected chi connectivity index (χ4v) is 6.48. The van der Waals surface area contributed by atoms with E-state index in [1.165, 1.54) is 5.56 Å². The van der Waals surface area contributed by atoms with E-state index in [-0.39, 0.29) is 35.5 Å². The molecule has 4 rings (SSSR count). The van der Waals surface area contributed by atoms with Crippen LogP contribution in [-0.2, 0) is 9.59 Å². The van der Waals surface area contributed by atoms with Crippen LogP contribution in [0.3, 0.4) is 0 Å². The van der Waals surface area contributed by atoms with Gasteiger partial charge in [-0.05, 0) is 73.4 Å². The molecular formula is C28H33Cl2NO3. The molecule has 4 nitrogen and oxygen atoms in total. The summed E-state index contributed by atoms with van der Waals surface area (Å²) in [6, 6.07) is 14.0. The van der Waals surface area contributed by atoms with E-state index < -0.39 is 5.41 Å². The summed E-state index contributed by atoms with van der Waals surface area (Å²) in [5, 5.41) is 4.59. The second-order valence-electron chi connectivity index (χ2n) is 9.96. The third kappa shape index (κ3) is 4.85. The Morgan fingerprint density at radius 1 is 1.18 bits per heavy atom. The molecule has 2 aromatic carbocycles. The Morgan fingerprint density at radius 3 is 2.59 bits per heavy atom. The van der Waals surface area contributed by atoms with Gasteiger partial charge in [0.1, 0.15) is 11.5 Å². The number of rotatable bonds is 8. The van der Waals surface area contributed by atoms with Crippen LogP contribution in [0.1, 0.15) is 75.8 Å². The Labute approximate surface area is 212 Å². The van der Waals surface area contributed by atoms with Crippen LogP contribution in [0.2, 0.25) is 10.0 Å².